The van der Waals surface area contributed by atoms with Crippen LogP contribution in [-0.4, -0.2) is 0 Å². The van der Waals surface area contributed by atoms with Gasteiger partial charge in [0.1, 0.15) is 0 Å². The fourth-order valence-corrected chi connectivity index (χ4v) is 5.86. The van der Waals surface area contributed by atoms with Crippen molar-refractivity contribution in [2.75, 3.05) is 5.32 Å². The van der Waals surface area contributed by atoms with Crippen molar-refractivity contribution in [2.24, 2.45) is 0 Å². The topological polar surface area (TPSA) is 12.0 Å². The van der Waals surface area contributed by atoms with Crippen molar-refractivity contribution in [1.82, 2.24) is 0 Å². The summed E-state index contributed by atoms with van der Waals surface area (Å²) in [5.41, 5.74) is 14.5. The Morgan fingerprint density at radius 2 is 1.12 bits per heavy atom. The molecule has 0 aliphatic carbocycles. The van der Waals surface area contributed by atoms with Crippen molar-refractivity contribution in [1.29, 1.82) is 0 Å². The van der Waals surface area contributed by atoms with E-state index in [0.29, 0.717) is 0 Å². The van der Waals surface area contributed by atoms with Gasteiger partial charge in [-0.15, -0.1) is 0 Å². The smallest absolute Gasteiger partial charge is 0.0384 e. The minimum atomic E-state index is 1.07. The van der Waals surface area contributed by atoms with E-state index in [1.54, 1.807) is 0 Å². The van der Waals surface area contributed by atoms with Crippen LogP contribution in [0, 0.1) is 13.8 Å². The maximum atomic E-state index is 4.13. The molecule has 6 aromatic rings. The highest BCUT2D eigenvalue weighted by Crippen LogP contribution is 2.40. The summed E-state index contributed by atoms with van der Waals surface area (Å²) in [6.07, 6.45) is 1.98. The first kappa shape index (κ1) is 27.1. The predicted molar refractivity (Wildman–Crippen MR) is 182 cm³/mol. The van der Waals surface area contributed by atoms with Crippen molar-refractivity contribution in [3.8, 4) is 22.3 Å². The minimum absolute atomic E-state index is 1.07. The summed E-state index contributed by atoms with van der Waals surface area (Å²) in [5.74, 6) is 0. The van der Waals surface area contributed by atoms with Gasteiger partial charge in [0.2, 0.25) is 0 Å². The second-order valence-electron chi connectivity index (χ2n) is 10.9. The molecule has 0 atom stereocenters. The highest BCUT2D eigenvalue weighted by atomic mass is 14.9. The third-order valence-corrected chi connectivity index (χ3v) is 8.08. The molecule has 0 saturated carbocycles. The van der Waals surface area contributed by atoms with E-state index in [9.17, 15) is 0 Å². The van der Waals surface area contributed by atoms with Crippen LogP contribution in [0.25, 0.3) is 38.6 Å². The Kier molecular flexibility index (Phi) is 7.58. The largest absolute Gasteiger partial charge is 0.356 e. The van der Waals surface area contributed by atoms with Gasteiger partial charge in [0.25, 0.3) is 0 Å². The maximum absolute atomic E-state index is 4.13. The zero-order chi connectivity index (χ0) is 29.1. The van der Waals surface area contributed by atoms with Gasteiger partial charge in [-0.1, -0.05) is 122 Å². The second-order valence-corrected chi connectivity index (χ2v) is 10.9. The van der Waals surface area contributed by atoms with Gasteiger partial charge < -0.3 is 5.32 Å². The summed E-state index contributed by atoms with van der Waals surface area (Å²) in [5, 5.41) is 6.07. The summed E-state index contributed by atoms with van der Waals surface area (Å²) in [6.45, 7) is 10.7. The molecule has 0 radical (unpaired) electrons. The van der Waals surface area contributed by atoms with Gasteiger partial charge in [-0.25, -0.2) is 0 Å². The predicted octanol–water partition coefficient (Wildman–Crippen LogP) is 11.5. The van der Waals surface area contributed by atoms with Crippen molar-refractivity contribution < 1.29 is 0 Å². The van der Waals surface area contributed by atoms with Gasteiger partial charge >= 0.3 is 0 Å². The lowest BCUT2D eigenvalue weighted by Crippen LogP contribution is -1.99. The van der Waals surface area contributed by atoms with Crippen molar-refractivity contribution in [2.45, 2.75) is 20.8 Å². The first-order chi connectivity index (χ1) is 20.5. The van der Waals surface area contributed by atoms with Crippen LogP contribution in [0.1, 0.15) is 29.2 Å². The van der Waals surface area contributed by atoms with E-state index in [1.807, 2.05) is 12.1 Å². The molecule has 0 fully saturated rings. The van der Waals surface area contributed by atoms with E-state index in [-0.39, 0.29) is 0 Å². The third kappa shape index (κ3) is 5.30. The number of rotatable bonds is 7. The molecule has 1 heteroatoms. The summed E-state index contributed by atoms with van der Waals surface area (Å²) >= 11 is 0. The number of allylic oxidation sites excluding steroid dienone is 2. The normalized spacial score (nSPS) is 11.7. The van der Waals surface area contributed by atoms with Crippen LogP contribution in [0.2, 0.25) is 0 Å². The lowest BCUT2D eigenvalue weighted by Gasteiger charge is -2.21. The number of hydrogen-bond donors (Lipinski definition) is 1. The molecule has 0 spiro atoms. The number of hydrogen-bond acceptors (Lipinski definition) is 1. The fourth-order valence-electron chi connectivity index (χ4n) is 5.86. The molecule has 0 unspecified atom stereocenters. The van der Waals surface area contributed by atoms with Crippen molar-refractivity contribution >= 4 is 27.7 Å². The van der Waals surface area contributed by atoms with Gasteiger partial charge in [0.15, 0.2) is 0 Å². The van der Waals surface area contributed by atoms with Crippen LogP contribution in [0.4, 0.5) is 11.4 Å². The number of anilines is 2. The molecule has 1 N–H and O–H groups in total. The molecule has 1 nitrogen and oxygen atoms in total. The van der Waals surface area contributed by atoms with E-state index in [4.69, 9.17) is 0 Å². The highest BCUT2D eigenvalue weighted by molar-refractivity contribution is 6.06. The molecular formula is C41H35N. The second kappa shape index (κ2) is 11.8. The van der Waals surface area contributed by atoms with Gasteiger partial charge in [-0.2, -0.15) is 0 Å². The van der Waals surface area contributed by atoms with Gasteiger partial charge in [0.05, 0.1) is 0 Å². The third-order valence-electron chi connectivity index (χ3n) is 8.08. The van der Waals surface area contributed by atoms with E-state index < -0.39 is 0 Å². The number of benzene rings is 6. The van der Waals surface area contributed by atoms with E-state index in [2.05, 4.69) is 160 Å². The fraction of sp³-hybridized carbons (Fsp3) is 0.0732. The Morgan fingerprint density at radius 1 is 0.571 bits per heavy atom. The summed E-state index contributed by atoms with van der Waals surface area (Å²) in [4.78, 5) is 0. The van der Waals surface area contributed by atoms with Gasteiger partial charge in [-0.05, 0) is 111 Å². The minimum Gasteiger partial charge on any atom is -0.356 e. The number of fused-ring (bicyclic) bond motifs is 1. The molecule has 0 bridgehead atoms. The highest BCUT2D eigenvalue weighted by Gasteiger charge is 2.18. The number of aryl methyl sites for hydroxylation is 2. The number of nitrogens with one attached hydrogen (secondary N) is 1. The zero-order valence-corrected chi connectivity index (χ0v) is 24.5. The molecular weight excluding hydrogens is 506 g/mol. The lowest BCUT2D eigenvalue weighted by atomic mass is 9.83. The van der Waals surface area contributed by atoms with Crippen LogP contribution in [0.15, 0.2) is 152 Å². The van der Waals surface area contributed by atoms with Gasteiger partial charge in [0, 0.05) is 11.4 Å². The quantitative estimate of drug-likeness (QED) is 0.198. The van der Waals surface area contributed by atoms with Crippen LogP contribution in [0.5, 0.6) is 0 Å². The molecule has 0 amide bonds. The molecule has 0 aromatic heterocycles. The zero-order valence-electron chi connectivity index (χ0n) is 24.5. The van der Waals surface area contributed by atoms with E-state index >= 15 is 0 Å². The molecule has 0 aliphatic heterocycles. The molecule has 6 aromatic carbocycles. The SMILES string of the molecule is C=CC(C)=C(c1ccccc1C)c1c(C)cc(-c2ccc(Nc3ccc(-c4ccccc4)cc3)cc2)c2ccccc12. The lowest BCUT2D eigenvalue weighted by molar-refractivity contribution is 1.37. The average Bonchev–Trinajstić information content (AvgIpc) is 3.04. The molecule has 0 heterocycles. The molecule has 0 saturated heterocycles. The van der Waals surface area contributed by atoms with Gasteiger partial charge in [-0.3, -0.25) is 0 Å². The maximum Gasteiger partial charge on any atom is 0.0384 e. The first-order valence-electron chi connectivity index (χ1n) is 14.5. The Morgan fingerprint density at radius 3 is 1.76 bits per heavy atom. The summed E-state index contributed by atoms with van der Waals surface area (Å²) < 4.78 is 0. The summed E-state index contributed by atoms with van der Waals surface area (Å²) in [7, 11) is 0. The van der Waals surface area contributed by atoms with Crippen LogP contribution in [-0.2, 0) is 0 Å². The monoisotopic (exact) mass is 541 g/mol. The Labute approximate surface area is 249 Å². The van der Waals surface area contributed by atoms with Crippen LogP contribution >= 0.6 is 0 Å². The Hall–Kier alpha value is -5.14. The van der Waals surface area contributed by atoms with Crippen molar-refractivity contribution in [3.63, 3.8) is 0 Å². The first-order valence-corrected chi connectivity index (χ1v) is 14.5. The summed E-state index contributed by atoms with van der Waals surface area (Å²) in [6, 6.07) is 47.6. The molecule has 204 valence electrons. The standard InChI is InChI=1S/C41H35N/c1-5-28(2)40(36-16-10-9-13-29(36)3)41-30(4)27-39(37-17-11-12-18-38(37)41)33-21-25-35(26-22-33)42-34-23-19-32(20-24-34)31-14-7-6-8-15-31/h5-27,42H,1H2,2-4H3. The van der Waals surface area contributed by atoms with Crippen molar-refractivity contribution in [3.05, 3.63) is 174 Å². The Balaban J connectivity index is 1.36. The molecule has 42 heavy (non-hydrogen) atoms. The van der Waals surface area contributed by atoms with E-state index in [1.165, 1.54) is 66.4 Å². The molecule has 6 rings (SSSR count). The molecule has 0 aliphatic rings. The average molecular weight is 542 g/mol. The van der Waals surface area contributed by atoms with Crippen LogP contribution < -0.4 is 5.32 Å². The van der Waals surface area contributed by atoms with E-state index in [0.717, 1.165) is 11.4 Å². The Bertz CT molecular complexity index is 1910. The van der Waals surface area contributed by atoms with Crippen LogP contribution in [0.3, 0.4) is 0 Å².